The lowest BCUT2D eigenvalue weighted by Crippen LogP contribution is -2.04. The van der Waals surface area contributed by atoms with Gasteiger partial charge in [0.25, 0.3) is 0 Å². The van der Waals surface area contributed by atoms with E-state index in [4.69, 9.17) is 11.6 Å². The quantitative estimate of drug-likeness (QED) is 0.773. The van der Waals surface area contributed by atoms with E-state index in [0.29, 0.717) is 23.1 Å². The molecule has 1 aromatic heterocycles. The Kier molecular flexibility index (Phi) is 3.57. The molecule has 0 saturated carbocycles. The van der Waals surface area contributed by atoms with Gasteiger partial charge in [-0.1, -0.05) is 23.7 Å². The van der Waals surface area contributed by atoms with E-state index >= 15 is 0 Å². The van der Waals surface area contributed by atoms with E-state index in [9.17, 15) is 18.0 Å². The molecule has 0 saturated heterocycles. The second-order valence-electron chi connectivity index (χ2n) is 3.79. The molecule has 0 radical (unpaired) electrons. The zero-order valence-electron chi connectivity index (χ0n) is 9.41. The van der Waals surface area contributed by atoms with Crippen molar-refractivity contribution in [2.24, 2.45) is 0 Å². The minimum Gasteiger partial charge on any atom is -0.298 e. The molecule has 0 bridgehead atoms. The van der Waals surface area contributed by atoms with E-state index in [1.165, 1.54) is 24.4 Å². The van der Waals surface area contributed by atoms with Crippen LogP contribution in [0.25, 0.3) is 11.3 Å². The number of benzene rings is 1. The number of aromatic nitrogens is 1. The van der Waals surface area contributed by atoms with Crippen LogP contribution in [0.4, 0.5) is 13.2 Å². The number of nitrogens with zero attached hydrogens (tertiary/aromatic N) is 1. The van der Waals surface area contributed by atoms with E-state index in [1.54, 1.807) is 0 Å². The molecule has 0 N–H and O–H groups in total. The van der Waals surface area contributed by atoms with Crippen molar-refractivity contribution in [3.63, 3.8) is 0 Å². The van der Waals surface area contributed by atoms with Gasteiger partial charge in [-0.25, -0.2) is 0 Å². The molecule has 19 heavy (non-hydrogen) atoms. The molecule has 0 aliphatic carbocycles. The van der Waals surface area contributed by atoms with E-state index in [0.717, 1.165) is 12.1 Å². The molecule has 98 valence electrons. The van der Waals surface area contributed by atoms with Crippen molar-refractivity contribution in [3.05, 3.63) is 52.7 Å². The van der Waals surface area contributed by atoms with Gasteiger partial charge in [0.2, 0.25) is 0 Å². The van der Waals surface area contributed by atoms with Crippen LogP contribution >= 0.6 is 11.6 Å². The van der Waals surface area contributed by atoms with Crippen LogP contribution in [0.5, 0.6) is 0 Å². The first-order valence-electron chi connectivity index (χ1n) is 5.20. The summed E-state index contributed by atoms with van der Waals surface area (Å²) in [6.45, 7) is 0. The minimum atomic E-state index is -4.38. The zero-order chi connectivity index (χ0) is 14.0. The fourth-order valence-corrected chi connectivity index (χ4v) is 1.83. The smallest absolute Gasteiger partial charge is 0.298 e. The third-order valence-corrected chi connectivity index (χ3v) is 2.77. The summed E-state index contributed by atoms with van der Waals surface area (Å²) in [6.07, 6.45) is -2.47. The number of pyridine rings is 1. The highest BCUT2D eigenvalue weighted by Crippen LogP contribution is 2.32. The molecule has 0 aliphatic heterocycles. The average molecular weight is 286 g/mol. The fourth-order valence-electron chi connectivity index (χ4n) is 1.55. The molecular formula is C13H7ClF3NO. The first-order valence-corrected chi connectivity index (χ1v) is 5.58. The highest BCUT2D eigenvalue weighted by Gasteiger charge is 2.30. The lowest BCUT2D eigenvalue weighted by atomic mass is 10.1. The third-order valence-electron chi connectivity index (χ3n) is 2.48. The molecule has 2 rings (SSSR count). The molecule has 0 unspecified atom stereocenters. The lowest BCUT2D eigenvalue weighted by molar-refractivity contribution is -0.137. The van der Waals surface area contributed by atoms with Crippen LogP contribution in [-0.4, -0.2) is 11.3 Å². The topological polar surface area (TPSA) is 30.0 Å². The molecule has 6 heteroatoms. The summed E-state index contributed by atoms with van der Waals surface area (Å²) in [6, 6.07) is 5.91. The summed E-state index contributed by atoms with van der Waals surface area (Å²) < 4.78 is 37.3. The Balaban J connectivity index is 2.40. The van der Waals surface area contributed by atoms with Crippen LogP contribution in [0.2, 0.25) is 5.02 Å². The molecule has 1 aromatic carbocycles. The second-order valence-corrected chi connectivity index (χ2v) is 4.20. The van der Waals surface area contributed by atoms with Crippen molar-refractivity contribution in [1.82, 2.24) is 4.98 Å². The maximum Gasteiger partial charge on any atom is 0.416 e. The van der Waals surface area contributed by atoms with Crippen LogP contribution < -0.4 is 0 Å². The van der Waals surface area contributed by atoms with Crippen LogP contribution in [-0.2, 0) is 6.18 Å². The van der Waals surface area contributed by atoms with Gasteiger partial charge in [0.05, 0.1) is 16.3 Å². The molecule has 0 spiro atoms. The largest absolute Gasteiger partial charge is 0.416 e. The number of hydrogen-bond donors (Lipinski definition) is 0. The Bertz CT molecular complexity index is 608. The molecule has 2 nitrogen and oxygen atoms in total. The van der Waals surface area contributed by atoms with E-state index in [-0.39, 0.29) is 5.02 Å². The maximum absolute atomic E-state index is 12.4. The number of halogens is 4. The van der Waals surface area contributed by atoms with Gasteiger partial charge >= 0.3 is 6.18 Å². The predicted octanol–water partition coefficient (Wildman–Crippen LogP) is 4.23. The van der Waals surface area contributed by atoms with Gasteiger partial charge in [-0.05, 0) is 18.2 Å². The molecule has 0 aliphatic rings. The normalized spacial score (nSPS) is 11.4. The second kappa shape index (κ2) is 5.01. The Morgan fingerprint density at radius 2 is 1.79 bits per heavy atom. The van der Waals surface area contributed by atoms with Crippen molar-refractivity contribution in [1.29, 1.82) is 0 Å². The monoisotopic (exact) mass is 285 g/mol. The van der Waals surface area contributed by atoms with Gasteiger partial charge < -0.3 is 0 Å². The first kappa shape index (κ1) is 13.5. The summed E-state index contributed by atoms with van der Waals surface area (Å²) in [5, 5.41) is 0.212. The highest BCUT2D eigenvalue weighted by molar-refractivity contribution is 6.33. The summed E-state index contributed by atoms with van der Waals surface area (Å²) in [5.41, 5.74) is 0.356. The Morgan fingerprint density at radius 1 is 1.16 bits per heavy atom. The van der Waals surface area contributed by atoms with E-state index < -0.39 is 11.7 Å². The average Bonchev–Trinajstić information content (AvgIpc) is 2.37. The van der Waals surface area contributed by atoms with Gasteiger partial charge in [0.1, 0.15) is 0 Å². The summed E-state index contributed by atoms with van der Waals surface area (Å²) >= 11 is 5.93. The fraction of sp³-hybridized carbons (Fsp3) is 0.0769. The predicted molar refractivity (Wildman–Crippen MR) is 65.1 cm³/mol. The molecule has 1 heterocycles. The maximum atomic E-state index is 12.4. The van der Waals surface area contributed by atoms with Crippen molar-refractivity contribution in [2.45, 2.75) is 6.18 Å². The standard InChI is InChI=1S/C13H7ClF3NO/c14-11-5-8(7-19)6-18-12(11)9-1-3-10(4-2-9)13(15,16)17/h1-7H. The van der Waals surface area contributed by atoms with Gasteiger partial charge in [-0.15, -0.1) is 0 Å². The highest BCUT2D eigenvalue weighted by atomic mass is 35.5. The van der Waals surface area contributed by atoms with E-state index in [2.05, 4.69) is 4.98 Å². The molecular weight excluding hydrogens is 279 g/mol. The minimum absolute atomic E-state index is 0.212. The lowest BCUT2D eigenvalue weighted by Gasteiger charge is -2.08. The number of aldehydes is 1. The first-order chi connectivity index (χ1) is 8.91. The molecule has 0 atom stereocenters. The van der Waals surface area contributed by atoms with Crippen LogP contribution in [0.1, 0.15) is 15.9 Å². The van der Waals surface area contributed by atoms with Crippen molar-refractivity contribution < 1.29 is 18.0 Å². The summed E-state index contributed by atoms with van der Waals surface area (Å²) in [7, 11) is 0. The van der Waals surface area contributed by atoms with Crippen molar-refractivity contribution >= 4 is 17.9 Å². The number of carbonyl (C=O) groups is 1. The Hall–Kier alpha value is -1.88. The number of carbonyl (C=O) groups excluding carboxylic acids is 1. The number of alkyl halides is 3. The third kappa shape index (κ3) is 2.93. The van der Waals surface area contributed by atoms with Gasteiger partial charge in [-0.3, -0.25) is 9.78 Å². The molecule has 0 fully saturated rings. The van der Waals surface area contributed by atoms with Gasteiger partial charge in [-0.2, -0.15) is 13.2 Å². The van der Waals surface area contributed by atoms with Gasteiger partial charge in [0.15, 0.2) is 6.29 Å². The van der Waals surface area contributed by atoms with Crippen LogP contribution in [0.15, 0.2) is 36.5 Å². The summed E-state index contributed by atoms with van der Waals surface area (Å²) in [5.74, 6) is 0. The molecule has 0 amide bonds. The Labute approximate surface area is 111 Å². The van der Waals surface area contributed by atoms with Crippen molar-refractivity contribution in [3.8, 4) is 11.3 Å². The zero-order valence-corrected chi connectivity index (χ0v) is 10.2. The number of rotatable bonds is 2. The number of hydrogen-bond acceptors (Lipinski definition) is 2. The van der Waals surface area contributed by atoms with Gasteiger partial charge in [0, 0.05) is 17.3 Å². The summed E-state index contributed by atoms with van der Waals surface area (Å²) in [4.78, 5) is 14.5. The Morgan fingerprint density at radius 3 is 2.26 bits per heavy atom. The van der Waals surface area contributed by atoms with E-state index in [1.807, 2.05) is 0 Å². The van der Waals surface area contributed by atoms with Crippen LogP contribution in [0, 0.1) is 0 Å². The van der Waals surface area contributed by atoms with Crippen molar-refractivity contribution in [2.75, 3.05) is 0 Å². The van der Waals surface area contributed by atoms with Crippen LogP contribution in [0.3, 0.4) is 0 Å². The SMILES string of the molecule is O=Cc1cnc(-c2ccc(C(F)(F)F)cc2)c(Cl)c1. The molecule has 2 aromatic rings.